The average Bonchev–Trinajstić information content (AvgIpc) is 2.72. The van der Waals surface area contributed by atoms with Gasteiger partial charge in [-0.25, -0.2) is 0 Å². The summed E-state index contributed by atoms with van der Waals surface area (Å²) in [7, 11) is 2.00. The number of aryl methyl sites for hydroxylation is 2. The van der Waals surface area contributed by atoms with Crippen molar-refractivity contribution in [2.75, 3.05) is 5.73 Å². The molecule has 0 atom stereocenters. The largest absolute Gasteiger partial charge is 0.398 e. The van der Waals surface area contributed by atoms with Crippen LogP contribution in [0.3, 0.4) is 0 Å². The Kier molecular flexibility index (Phi) is 3.97. The van der Waals surface area contributed by atoms with Gasteiger partial charge < -0.3 is 5.73 Å². The fraction of sp³-hybridized carbons (Fsp3) is 0.357. The molecule has 0 spiro atoms. The SMILES string of the molecule is CCc1cc(CSc2cccc(N)c2C)n(C)n1. The Labute approximate surface area is 112 Å². The molecule has 96 valence electrons. The van der Waals surface area contributed by atoms with Gasteiger partial charge in [-0.05, 0) is 37.1 Å². The lowest BCUT2D eigenvalue weighted by Gasteiger charge is -2.07. The van der Waals surface area contributed by atoms with E-state index in [-0.39, 0.29) is 0 Å². The molecule has 1 aromatic carbocycles. The lowest BCUT2D eigenvalue weighted by molar-refractivity contribution is 0.720. The number of thioether (sulfide) groups is 1. The van der Waals surface area contributed by atoms with Crippen molar-refractivity contribution in [2.24, 2.45) is 7.05 Å². The highest BCUT2D eigenvalue weighted by molar-refractivity contribution is 7.98. The van der Waals surface area contributed by atoms with Gasteiger partial charge in [-0.1, -0.05) is 13.0 Å². The Hall–Kier alpha value is -1.42. The zero-order chi connectivity index (χ0) is 13.1. The minimum Gasteiger partial charge on any atom is -0.398 e. The molecule has 0 unspecified atom stereocenters. The van der Waals surface area contributed by atoms with Crippen LogP contribution in [0.1, 0.15) is 23.9 Å². The van der Waals surface area contributed by atoms with Crippen molar-refractivity contribution in [1.82, 2.24) is 9.78 Å². The van der Waals surface area contributed by atoms with Crippen molar-refractivity contribution in [3.05, 3.63) is 41.2 Å². The summed E-state index contributed by atoms with van der Waals surface area (Å²) in [6, 6.07) is 8.24. The number of benzene rings is 1. The van der Waals surface area contributed by atoms with Gasteiger partial charge >= 0.3 is 0 Å². The second-order valence-electron chi connectivity index (χ2n) is 4.36. The maximum atomic E-state index is 5.91. The van der Waals surface area contributed by atoms with Gasteiger partial charge in [-0.2, -0.15) is 5.10 Å². The molecule has 0 fully saturated rings. The van der Waals surface area contributed by atoms with Crippen LogP contribution < -0.4 is 5.73 Å². The quantitative estimate of drug-likeness (QED) is 0.679. The molecule has 18 heavy (non-hydrogen) atoms. The van der Waals surface area contributed by atoms with E-state index in [4.69, 9.17) is 5.73 Å². The van der Waals surface area contributed by atoms with E-state index in [1.807, 2.05) is 35.6 Å². The van der Waals surface area contributed by atoms with E-state index in [1.54, 1.807) is 0 Å². The highest BCUT2D eigenvalue weighted by Gasteiger charge is 2.06. The van der Waals surface area contributed by atoms with Crippen molar-refractivity contribution in [2.45, 2.75) is 30.9 Å². The van der Waals surface area contributed by atoms with Gasteiger partial charge in [-0.3, -0.25) is 4.68 Å². The predicted octanol–water partition coefficient (Wildman–Crippen LogP) is 3.17. The zero-order valence-corrected chi connectivity index (χ0v) is 11.9. The molecule has 2 rings (SSSR count). The molecule has 3 nitrogen and oxygen atoms in total. The highest BCUT2D eigenvalue weighted by Crippen LogP contribution is 2.28. The van der Waals surface area contributed by atoms with Crippen LogP contribution in [0.4, 0.5) is 5.69 Å². The summed E-state index contributed by atoms with van der Waals surface area (Å²) in [4.78, 5) is 1.24. The fourth-order valence-corrected chi connectivity index (χ4v) is 2.90. The minimum absolute atomic E-state index is 0.860. The van der Waals surface area contributed by atoms with E-state index >= 15 is 0 Å². The van der Waals surface area contributed by atoms with Crippen molar-refractivity contribution in [3.8, 4) is 0 Å². The third-order valence-electron chi connectivity index (χ3n) is 3.09. The summed E-state index contributed by atoms with van der Waals surface area (Å²) >= 11 is 1.81. The first-order chi connectivity index (χ1) is 8.61. The smallest absolute Gasteiger partial charge is 0.0625 e. The summed E-state index contributed by atoms with van der Waals surface area (Å²) in [6.07, 6.45) is 0.982. The number of nitrogens with two attached hydrogens (primary N) is 1. The third kappa shape index (κ3) is 2.70. The molecule has 2 aromatic rings. The van der Waals surface area contributed by atoms with Crippen molar-refractivity contribution < 1.29 is 0 Å². The molecule has 0 saturated heterocycles. The zero-order valence-electron chi connectivity index (χ0n) is 11.1. The second kappa shape index (κ2) is 5.48. The Morgan fingerprint density at radius 3 is 2.83 bits per heavy atom. The van der Waals surface area contributed by atoms with Gasteiger partial charge in [-0.15, -0.1) is 11.8 Å². The van der Waals surface area contributed by atoms with Gasteiger partial charge in [0.1, 0.15) is 0 Å². The monoisotopic (exact) mass is 261 g/mol. The highest BCUT2D eigenvalue weighted by atomic mass is 32.2. The Morgan fingerprint density at radius 1 is 1.39 bits per heavy atom. The molecule has 1 heterocycles. The van der Waals surface area contributed by atoms with E-state index in [9.17, 15) is 0 Å². The maximum absolute atomic E-state index is 5.91. The molecule has 0 amide bonds. The first kappa shape index (κ1) is 13.0. The lowest BCUT2D eigenvalue weighted by atomic mass is 10.2. The van der Waals surface area contributed by atoms with Crippen LogP contribution >= 0.6 is 11.8 Å². The number of hydrogen-bond acceptors (Lipinski definition) is 3. The standard InChI is InChI=1S/C14H19N3S/c1-4-11-8-12(17(3)16-11)9-18-14-7-5-6-13(15)10(14)2/h5-8H,4,9,15H2,1-3H3. The molecular formula is C14H19N3S. The Morgan fingerprint density at radius 2 is 2.17 bits per heavy atom. The molecule has 0 saturated carbocycles. The second-order valence-corrected chi connectivity index (χ2v) is 5.38. The van der Waals surface area contributed by atoms with Crippen LogP contribution in [0.2, 0.25) is 0 Å². The van der Waals surface area contributed by atoms with Gasteiger partial charge in [0.15, 0.2) is 0 Å². The Balaban J connectivity index is 2.11. The molecular weight excluding hydrogens is 242 g/mol. The van der Waals surface area contributed by atoms with E-state index in [2.05, 4.69) is 31.1 Å². The van der Waals surface area contributed by atoms with Crippen molar-refractivity contribution in [3.63, 3.8) is 0 Å². The molecule has 1 aromatic heterocycles. The molecule has 4 heteroatoms. The maximum Gasteiger partial charge on any atom is 0.0625 e. The first-order valence-electron chi connectivity index (χ1n) is 6.11. The van der Waals surface area contributed by atoms with E-state index in [0.29, 0.717) is 0 Å². The predicted molar refractivity (Wildman–Crippen MR) is 77.7 cm³/mol. The van der Waals surface area contributed by atoms with Crippen LogP contribution in [-0.4, -0.2) is 9.78 Å². The summed E-state index contributed by atoms with van der Waals surface area (Å²) in [5.41, 5.74) is 10.3. The third-order valence-corrected chi connectivity index (χ3v) is 4.28. The van der Waals surface area contributed by atoms with E-state index in [0.717, 1.165) is 23.6 Å². The van der Waals surface area contributed by atoms with Gasteiger partial charge in [0.25, 0.3) is 0 Å². The molecule has 0 aliphatic rings. The lowest BCUT2D eigenvalue weighted by Crippen LogP contribution is -1.97. The summed E-state index contributed by atoms with van der Waals surface area (Å²) in [6.45, 7) is 4.19. The van der Waals surface area contributed by atoms with Crippen LogP contribution in [0.5, 0.6) is 0 Å². The van der Waals surface area contributed by atoms with Crippen LogP contribution in [0.15, 0.2) is 29.2 Å². The van der Waals surface area contributed by atoms with Gasteiger partial charge in [0.05, 0.1) is 5.69 Å². The number of aromatic nitrogens is 2. The molecule has 2 N–H and O–H groups in total. The minimum atomic E-state index is 0.860. The number of nitrogens with zero attached hydrogens (tertiary/aromatic N) is 2. The summed E-state index contributed by atoms with van der Waals surface area (Å²) in [5.74, 6) is 0.924. The topological polar surface area (TPSA) is 43.8 Å². The molecule has 0 aliphatic carbocycles. The molecule has 0 aliphatic heterocycles. The average molecular weight is 261 g/mol. The van der Waals surface area contributed by atoms with E-state index < -0.39 is 0 Å². The Bertz CT molecular complexity index is 546. The number of nitrogen functional groups attached to an aromatic ring is 1. The molecule has 0 bridgehead atoms. The normalized spacial score (nSPS) is 10.8. The van der Waals surface area contributed by atoms with Gasteiger partial charge in [0, 0.05) is 29.1 Å². The number of rotatable bonds is 4. The summed E-state index contributed by atoms with van der Waals surface area (Å²) in [5, 5.41) is 4.46. The first-order valence-corrected chi connectivity index (χ1v) is 7.10. The van der Waals surface area contributed by atoms with Crippen LogP contribution in [0, 0.1) is 6.92 Å². The van der Waals surface area contributed by atoms with Crippen LogP contribution in [0.25, 0.3) is 0 Å². The van der Waals surface area contributed by atoms with Crippen LogP contribution in [-0.2, 0) is 19.2 Å². The summed E-state index contributed by atoms with van der Waals surface area (Å²) < 4.78 is 1.97. The van der Waals surface area contributed by atoms with Gasteiger partial charge in [0.2, 0.25) is 0 Å². The van der Waals surface area contributed by atoms with Crippen molar-refractivity contribution in [1.29, 1.82) is 0 Å². The van der Waals surface area contributed by atoms with E-state index in [1.165, 1.54) is 16.2 Å². The van der Waals surface area contributed by atoms with Crippen molar-refractivity contribution >= 4 is 17.4 Å². The molecule has 0 radical (unpaired) electrons. The number of hydrogen-bond donors (Lipinski definition) is 1. The number of anilines is 1. The fourth-order valence-electron chi connectivity index (χ4n) is 1.82.